The molecule has 6 heteroatoms. The number of hydrogen-bond acceptors (Lipinski definition) is 3. The van der Waals surface area contributed by atoms with Gasteiger partial charge in [-0.2, -0.15) is 4.39 Å². The Kier molecular flexibility index (Phi) is 5.06. The van der Waals surface area contributed by atoms with E-state index >= 15 is 0 Å². The van der Waals surface area contributed by atoms with Gasteiger partial charge in [-0.05, 0) is 18.6 Å². The third kappa shape index (κ3) is 4.58. The monoisotopic (exact) mass is 239 g/mol. The van der Waals surface area contributed by atoms with Crippen LogP contribution in [0.5, 0.6) is 0 Å². The molecule has 1 rings (SSSR count). The van der Waals surface area contributed by atoms with E-state index in [0.717, 1.165) is 18.7 Å². The average Bonchev–Trinajstić information content (AvgIpc) is 2.34. The fourth-order valence-corrected chi connectivity index (χ4v) is 1.10. The van der Waals surface area contributed by atoms with E-state index in [0.29, 0.717) is 6.54 Å². The largest absolute Gasteiger partial charge is 0.355 e. The van der Waals surface area contributed by atoms with Crippen LogP contribution in [-0.4, -0.2) is 29.9 Å². The van der Waals surface area contributed by atoms with E-state index in [1.807, 2.05) is 6.92 Å². The standard InChI is InChI=1S/C11H14FN3O2/c1-2-5-13-10(16)7-15-11(17)8-3-4-9(12)14-6-8/h3-4,6H,2,5,7H2,1H3,(H,13,16)(H,15,17). The van der Waals surface area contributed by atoms with Crippen LogP contribution in [-0.2, 0) is 4.79 Å². The molecule has 0 aliphatic rings. The van der Waals surface area contributed by atoms with E-state index in [-0.39, 0.29) is 18.0 Å². The molecule has 1 heterocycles. The summed E-state index contributed by atoms with van der Waals surface area (Å²) in [6, 6.07) is 2.40. The molecule has 0 aliphatic heterocycles. The van der Waals surface area contributed by atoms with Gasteiger partial charge in [-0.15, -0.1) is 0 Å². The summed E-state index contributed by atoms with van der Waals surface area (Å²) < 4.78 is 12.5. The highest BCUT2D eigenvalue weighted by molar-refractivity contribution is 5.96. The Morgan fingerprint density at radius 2 is 2.12 bits per heavy atom. The first kappa shape index (κ1) is 13.1. The lowest BCUT2D eigenvalue weighted by atomic mass is 10.2. The maximum atomic E-state index is 12.5. The molecule has 2 N–H and O–H groups in total. The van der Waals surface area contributed by atoms with E-state index < -0.39 is 11.9 Å². The van der Waals surface area contributed by atoms with E-state index in [4.69, 9.17) is 0 Å². The third-order valence-corrected chi connectivity index (χ3v) is 1.97. The second-order valence-corrected chi connectivity index (χ2v) is 3.40. The molecule has 0 aliphatic carbocycles. The summed E-state index contributed by atoms with van der Waals surface area (Å²) in [7, 11) is 0. The Labute approximate surface area is 98.4 Å². The molecule has 0 radical (unpaired) electrons. The summed E-state index contributed by atoms with van der Waals surface area (Å²) in [5.41, 5.74) is 0.217. The van der Waals surface area contributed by atoms with Crippen LogP contribution in [0.3, 0.4) is 0 Å². The number of aromatic nitrogens is 1. The van der Waals surface area contributed by atoms with Gasteiger partial charge in [0, 0.05) is 12.7 Å². The summed E-state index contributed by atoms with van der Waals surface area (Å²) in [6.07, 6.45) is 1.95. The maximum Gasteiger partial charge on any atom is 0.253 e. The SMILES string of the molecule is CCCNC(=O)CNC(=O)c1ccc(F)nc1. The Balaban J connectivity index is 2.39. The summed E-state index contributed by atoms with van der Waals surface area (Å²) in [4.78, 5) is 26.0. The van der Waals surface area contributed by atoms with E-state index in [2.05, 4.69) is 15.6 Å². The van der Waals surface area contributed by atoms with Crippen molar-refractivity contribution in [1.29, 1.82) is 0 Å². The maximum absolute atomic E-state index is 12.5. The van der Waals surface area contributed by atoms with Crippen molar-refractivity contribution in [3.05, 3.63) is 29.8 Å². The lowest BCUT2D eigenvalue weighted by Gasteiger charge is -2.05. The van der Waals surface area contributed by atoms with Crippen molar-refractivity contribution in [2.24, 2.45) is 0 Å². The molecule has 5 nitrogen and oxygen atoms in total. The molecule has 92 valence electrons. The molecule has 0 spiro atoms. The number of rotatable bonds is 5. The zero-order valence-corrected chi connectivity index (χ0v) is 9.50. The molecule has 0 unspecified atom stereocenters. The number of hydrogen-bond donors (Lipinski definition) is 2. The van der Waals surface area contributed by atoms with E-state index in [1.54, 1.807) is 0 Å². The number of nitrogens with one attached hydrogen (secondary N) is 2. The van der Waals surface area contributed by atoms with Gasteiger partial charge in [0.05, 0.1) is 12.1 Å². The summed E-state index contributed by atoms with van der Waals surface area (Å²) in [6.45, 7) is 2.41. The van der Waals surface area contributed by atoms with Crippen LogP contribution in [0, 0.1) is 5.95 Å². The number of pyridine rings is 1. The average molecular weight is 239 g/mol. The van der Waals surface area contributed by atoms with Gasteiger partial charge in [-0.25, -0.2) is 4.98 Å². The lowest BCUT2D eigenvalue weighted by Crippen LogP contribution is -2.37. The van der Waals surface area contributed by atoms with Crippen LogP contribution in [0.2, 0.25) is 0 Å². The molecule has 1 aromatic rings. The van der Waals surface area contributed by atoms with Gasteiger partial charge in [-0.3, -0.25) is 9.59 Å². The van der Waals surface area contributed by atoms with Gasteiger partial charge in [0.25, 0.3) is 5.91 Å². The van der Waals surface area contributed by atoms with E-state index in [1.165, 1.54) is 6.07 Å². The van der Waals surface area contributed by atoms with Crippen molar-refractivity contribution in [3.8, 4) is 0 Å². The first-order valence-corrected chi connectivity index (χ1v) is 5.30. The minimum Gasteiger partial charge on any atom is -0.355 e. The Hall–Kier alpha value is -1.98. The van der Waals surface area contributed by atoms with Gasteiger partial charge >= 0.3 is 0 Å². The highest BCUT2D eigenvalue weighted by atomic mass is 19.1. The summed E-state index contributed by atoms with van der Waals surface area (Å²) in [5.74, 6) is -1.36. The normalized spacial score (nSPS) is 9.76. The predicted molar refractivity (Wildman–Crippen MR) is 59.8 cm³/mol. The number of carbonyl (C=O) groups is 2. The number of halogens is 1. The number of amides is 2. The van der Waals surface area contributed by atoms with Gasteiger partial charge in [-0.1, -0.05) is 6.92 Å². The summed E-state index contributed by atoms with van der Waals surface area (Å²) >= 11 is 0. The predicted octanol–water partition coefficient (Wildman–Crippen LogP) is 0.477. The molecular formula is C11H14FN3O2. The molecule has 17 heavy (non-hydrogen) atoms. The van der Waals surface area contributed by atoms with Crippen LogP contribution in [0.15, 0.2) is 18.3 Å². The van der Waals surface area contributed by atoms with Crippen molar-refractivity contribution in [2.45, 2.75) is 13.3 Å². The molecule has 1 aromatic heterocycles. The van der Waals surface area contributed by atoms with Crippen LogP contribution < -0.4 is 10.6 Å². The molecule has 2 amide bonds. The minimum atomic E-state index is -0.651. The lowest BCUT2D eigenvalue weighted by molar-refractivity contribution is -0.120. The third-order valence-electron chi connectivity index (χ3n) is 1.97. The molecular weight excluding hydrogens is 225 g/mol. The van der Waals surface area contributed by atoms with Crippen molar-refractivity contribution < 1.29 is 14.0 Å². The van der Waals surface area contributed by atoms with Gasteiger partial charge < -0.3 is 10.6 Å². The summed E-state index contributed by atoms with van der Waals surface area (Å²) in [5, 5.41) is 5.03. The fourth-order valence-electron chi connectivity index (χ4n) is 1.10. The molecule has 0 bridgehead atoms. The van der Waals surface area contributed by atoms with Gasteiger partial charge in [0.1, 0.15) is 0 Å². The van der Waals surface area contributed by atoms with Crippen LogP contribution in [0.1, 0.15) is 23.7 Å². The van der Waals surface area contributed by atoms with Gasteiger partial charge in [0.2, 0.25) is 11.9 Å². The minimum absolute atomic E-state index is 0.101. The van der Waals surface area contributed by atoms with Crippen molar-refractivity contribution in [1.82, 2.24) is 15.6 Å². The van der Waals surface area contributed by atoms with Crippen molar-refractivity contribution in [2.75, 3.05) is 13.1 Å². The Morgan fingerprint density at radius 3 is 2.71 bits per heavy atom. The molecule has 0 fully saturated rings. The highest BCUT2D eigenvalue weighted by Crippen LogP contribution is 1.98. The van der Waals surface area contributed by atoms with Crippen LogP contribution >= 0.6 is 0 Å². The zero-order chi connectivity index (χ0) is 12.7. The van der Waals surface area contributed by atoms with E-state index in [9.17, 15) is 14.0 Å². The zero-order valence-electron chi connectivity index (χ0n) is 9.50. The first-order chi connectivity index (χ1) is 8.13. The van der Waals surface area contributed by atoms with Crippen molar-refractivity contribution >= 4 is 11.8 Å². The number of nitrogens with zero attached hydrogens (tertiary/aromatic N) is 1. The molecule has 0 aromatic carbocycles. The topological polar surface area (TPSA) is 71.1 Å². The van der Waals surface area contributed by atoms with Crippen LogP contribution in [0.25, 0.3) is 0 Å². The Bertz CT molecular complexity index is 392. The van der Waals surface area contributed by atoms with Gasteiger partial charge in [0.15, 0.2) is 0 Å². The van der Waals surface area contributed by atoms with Crippen LogP contribution in [0.4, 0.5) is 4.39 Å². The number of carbonyl (C=O) groups excluding carboxylic acids is 2. The second-order valence-electron chi connectivity index (χ2n) is 3.40. The second kappa shape index (κ2) is 6.57. The smallest absolute Gasteiger partial charge is 0.253 e. The van der Waals surface area contributed by atoms with Crippen molar-refractivity contribution in [3.63, 3.8) is 0 Å². The highest BCUT2D eigenvalue weighted by Gasteiger charge is 2.07. The first-order valence-electron chi connectivity index (χ1n) is 5.30. The molecule has 0 atom stereocenters. The molecule has 0 saturated carbocycles. The molecule has 0 saturated heterocycles. The fraction of sp³-hybridized carbons (Fsp3) is 0.364. The Morgan fingerprint density at radius 1 is 1.35 bits per heavy atom. The quantitative estimate of drug-likeness (QED) is 0.734.